The zero-order valence-corrected chi connectivity index (χ0v) is 16.3. The lowest BCUT2D eigenvalue weighted by Crippen LogP contribution is -3.08. The quantitative estimate of drug-likeness (QED) is 0.828. The summed E-state index contributed by atoms with van der Waals surface area (Å²) in [7, 11) is 3.73. The molecule has 2 aromatic carbocycles. The minimum atomic E-state index is 0.209. The maximum atomic E-state index is 12.7. The average molecular weight is 404 g/mol. The summed E-state index contributed by atoms with van der Waals surface area (Å²) in [6, 6.07) is 14.4. The van der Waals surface area contributed by atoms with E-state index in [0.717, 1.165) is 46.7 Å². The number of quaternary nitrogens is 1. The van der Waals surface area contributed by atoms with Gasteiger partial charge in [-0.1, -0.05) is 40.2 Å². The fourth-order valence-electron chi connectivity index (χ4n) is 3.35. The van der Waals surface area contributed by atoms with E-state index in [1.54, 1.807) is 7.11 Å². The van der Waals surface area contributed by atoms with Gasteiger partial charge >= 0.3 is 0 Å². The number of nitrogens with zero attached hydrogens (tertiary/aromatic N) is 1. The molecule has 0 saturated carbocycles. The molecule has 1 atom stereocenters. The van der Waals surface area contributed by atoms with Crippen molar-refractivity contribution in [3.8, 4) is 5.75 Å². The van der Waals surface area contributed by atoms with Crippen molar-refractivity contribution in [1.29, 1.82) is 0 Å². The van der Waals surface area contributed by atoms with Crippen molar-refractivity contribution in [3.05, 3.63) is 63.6 Å². The minimum absolute atomic E-state index is 0.209. The highest BCUT2D eigenvalue weighted by Gasteiger charge is 2.23. The highest BCUT2D eigenvalue weighted by atomic mass is 79.9. The highest BCUT2D eigenvalue weighted by molar-refractivity contribution is 9.10. The van der Waals surface area contributed by atoms with E-state index in [2.05, 4.69) is 47.2 Å². The lowest BCUT2D eigenvalue weighted by molar-refractivity contribution is -0.885. The monoisotopic (exact) mass is 403 g/mol. The number of fused-ring (bicyclic) bond motifs is 1. The Kier molecular flexibility index (Phi) is 5.76. The van der Waals surface area contributed by atoms with Crippen molar-refractivity contribution in [1.82, 2.24) is 4.90 Å². The lowest BCUT2D eigenvalue weighted by atomic mass is 10.00. The van der Waals surface area contributed by atoms with Crippen molar-refractivity contribution in [2.75, 3.05) is 27.2 Å². The summed E-state index contributed by atoms with van der Waals surface area (Å²) >= 11 is 3.50. The first-order valence-electron chi connectivity index (χ1n) is 8.55. The number of benzene rings is 2. The molecule has 1 amide bonds. The van der Waals surface area contributed by atoms with Crippen LogP contribution in [0.3, 0.4) is 0 Å². The molecule has 1 unspecified atom stereocenters. The van der Waals surface area contributed by atoms with E-state index < -0.39 is 0 Å². The molecular weight excluding hydrogens is 380 g/mol. The van der Waals surface area contributed by atoms with Crippen molar-refractivity contribution in [3.63, 3.8) is 0 Å². The van der Waals surface area contributed by atoms with Gasteiger partial charge in [-0.15, -0.1) is 0 Å². The first kappa shape index (κ1) is 18.0. The fourth-order valence-corrected chi connectivity index (χ4v) is 3.76. The Bertz CT molecular complexity index is 763. The number of hydrogen-bond acceptors (Lipinski definition) is 2. The molecule has 2 aromatic rings. The molecule has 0 aliphatic carbocycles. The number of likely N-dealkylation sites (N-methyl/N-ethyl adjacent to an activating group) is 1. The number of carbonyl (C=O) groups is 1. The van der Waals surface area contributed by atoms with Crippen LogP contribution in [-0.4, -0.2) is 38.1 Å². The Morgan fingerprint density at radius 1 is 1.24 bits per heavy atom. The van der Waals surface area contributed by atoms with Gasteiger partial charge in [-0.25, -0.2) is 0 Å². The fraction of sp³-hybridized carbons (Fsp3) is 0.350. The van der Waals surface area contributed by atoms with Crippen LogP contribution in [-0.2, 0) is 24.3 Å². The first-order chi connectivity index (χ1) is 12.1. The summed E-state index contributed by atoms with van der Waals surface area (Å²) in [4.78, 5) is 15.8. The molecule has 25 heavy (non-hydrogen) atoms. The van der Waals surface area contributed by atoms with Crippen molar-refractivity contribution >= 4 is 21.8 Å². The van der Waals surface area contributed by atoms with Crippen molar-refractivity contribution in [2.45, 2.75) is 19.5 Å². The van der Waals surface area contributed by atoms with E-state index in [-0.39, 0.29) is 5.91 Å². The van der Waals surface area contributed by atoms with Crippen LogP contribution in [0.5, 0.6) is 5.75 Å². The summed E-state index contributed by atoms with van der Waals surface area (Å²) in [6.07, 6.45) is 0.945. The van der Waals surface area contributed by atoms with Crippen LogP contribution in [0.4, 0.5) is 0 Å². The summed E-state index contributed by atoms with van der Waals surface area (Å²) in [5.74, 6) is 1.07. The van der Waals surface area contributed by atoms with Gasteiger partial charge in [-0.05, 0) is 35.7 Å². The van der Waals surface area contributed by atoms with E-state index >= 15 is 0 Å². The van der Waals surface area contributed by atoms with Crippen molar-refractivity contribution < 1.29 is 14.4 Å². The zero-order valence-electron chi connectivity index (χ0n) is 14.7. The number of amides is 1. The second kappa shape index (κ2) is 8.02. The van der Waals surface area contributed by atoms with Gasteiger partial charge in [0.15, 0.2) is 6.54 Å². The van der Waals surface area contributed by atoms with E-state index in [9.17, 15) is 4.79 Å². The number of halogens is 1. The second-order valence-electron chi connectivity index (χ2n) is 6.60. The third kappa shape index (κ3) is 4.41. The Balaban J connectivity index is 1.61. The van der Waals surface area contributed by atoms with Gasteiger partial charge in [-0.3, -0.25) is 4.79 Å². The van der Waals surface area contributed by atoms with Crippen molar-refractivity contribution in [2.24, 2.45) is 0 Å². The second-order valence-corrected chi connectivity index (χ2v) is 7.52. The topological polar surface area (TPSA) is 34.0 Å². The van der Waals surface area contributed by atoms with Crippen LogP contribution in [0.2, 0.25) is 0 Å². The van der Waals surface area contributed by atoms with Crippen LogP contribution >= 0.6 is 15.9 Å². The zero-order chi connectivity index (χ0) is 17.8. The lowest BCUT2D eigenvalue weighted by Gasteiger charge is -2.29. The molecule has 4 nitrogen and oxygen atoms in total. The first-order valence-corrected chi connectivity index (χ1v) is 9.34. The molecule has 0 fully saturated rings. The third-order valence-corrected chi connectivity index (χ3v) is 5.16. The summed E-state index contributed by atoms with van der Waals surface area (Å²) in [6.45, 7) is 2.77. The normalized spacial score (nSPS) is 14.8. The summed E-state index contributed by atoms with van der Waals surface area (Å²) in [5, 5.41) is 0. The van der Waals surface area contributed by atoms with Gasteiger partial charge in [0.25, 0.3) is 5.91 Å². The number of methoxy groups -OCH3 is 1. The molecule has 0 aromatic heterocycles. The Morgan fingerprint density at radius 3 is 2.76 bits per heavy atom. The average Bonchev–Trinajstić information content (AvgIpc) is 2.61. The largest absolute Gasteiger partial charge is 0.496 e. The predicted octanol–water partition coefficient (Wildman–Crippen LogP) is 2.06. The Hall–Kier alpha value is -1.85. The number of hydrogen-bond donors (Lipinski definition) is 1. The number of ether oxygens (including phenoxy) is 1. The Labute approximate surface area is 157 Å². The number of carbonyl (C=O) groups excluding carboxylic acids is 1. The molecule has 0 radical (unpaired) electrons. The Morgan fingerprint density at radius 2 is 2.00 bits per heavy atom. The maximum absolute atomic E-state index is 12.7. The standard InChI is InChI=1S/C20H23BrN2O2/c1-22(12-17-11-18(21)7-8-19(17)25-2)14-20(24)23-10-9-15-5-3-4-6-16(15)13-23/h3-8,11H,9-10,12-14H2,1-2H3/p+1. The molecule has 132 valence electrons. The molecule has 0 bridgehead atoms. The van der Waals surface area contributed by atoms with Gasteiger partial charge in [0.05, 0.1) is 14.2 Å². The van der Waals surface area contributed by atoms with E-state index in [4.69, 9.17) is 4.74 Å². The molecular formula is C20H24BrN2O2+. The van der Waals surface area contributed by atoms with Gasteiger partial charge in [0.1, 0.15) is 12.3 Å². The SMILES string of the molecule is COc1ccc(Br)cc1C[NH+](C)CC(=O)N1CCc2ccccc2C1. The predicted molar refractivity (Wildman–Crippen MR) is 102 cm³/mol. The molecule has 0 spiro atoms. The van der Waals surface area contributed by atoms with Gasteiger partial charge < -0.3 is 14.5 Å². The van der Waals surface area contributed by atoms with Crippen LogP contribution in [0.25, 0.3) is 0 Å². The van der Waals surface area contributed by atoms with E-state index in [0.29, 0.717) is 6.54 Å². The van der Waals surface area contributed by atoms with Crippen LogP contribution < -0.4 is 9.64 Å². The molecule has 1 heterocycles. The van der Waals surface area contributed by atoms with Crippen LogP contribution in [0.15, 0.2) is 46.9 Å². The number of nitrogens with one attached hydrogen (secondary N) is 1. The summed E-state index contributed by atoms with van der Waals surface area (Å²) < 4.78 is 6.46. The molecule has 1 aliphatic rings. The van der Waals surface area contributed by atoms with E-state index in [1.165, 1.54) is 11.1 Å². The molecule has 1 aliphatic heterocycles. The number of rotatable bonds is 5. The molecule has 1 N–H and O–H groups in total. The van der Waals surface area contributed by atoms with Gasteiger partial charge in [0, 0.05) is 23.1 Å². The van der Waals surface area contributed by atoms with Gasteiger partial charge in [-0.2, -0.15) is 0 Å². The van der Waals surface area contributed by atoms with Crippen LogP contribution in [0, 0.1) is 0 Å². The van der Waals surface area contributed by atoms with Crippen LogP contribution in [0.1, 0.15) is 16.7 Å². The highest BCUT2D eigenvalue weighted by Crippen LogP contribution is 2.22. The minimum Gasteiger partial charge on any atom is -0.496 e. The molecule has 3 rings (SSSR count). The smallest absolute Gasteiger partial charge is 0.278 e. The maximum Gasteiger partial charge on any atom is 0.278 e. The van der Waals surface area contributed by atoms with Gasteiger partial charge in [0.2, 0.25) is 0 Å². The van der Waals surface area contributed by atoms with E-state index in [1.807, 2.05) is 23.1 Å². The summed E-state index contributed by atoms with van der Waals surface area (Å²) in [5.41, 5.74) is 3.74. The molecule has 5 heteroatoms. The molecule has 0 saturated heterocycles. The third-order valence-electron chi connectivity index (χ3n) is 4.67.